The number of hydrogen-bond acceptors (Lipinski definition) is 4. The largest absolute Gasteiger partial charge is 0.484 e. The predicted molar refractivity (Wildman–Crippen MR) is 109 cm³/mol. The molecule has 2 amide bonds. The number of nitrogens with one attached hydrogen (secondary N) is 1. The van der Waals surface area contributed by atoms with Crippen molar-refractivity contribution in [2.75, 3.05) is 24.6 Å². The Kier molecular flexibility index (Phi) is 6.22. The van der Waals surface area contributed by atoms with E-state index < -0.39 is 0 Å². The maximum Gasteiger partial charge on any atom is 0.258 e. The zero-order chi connectivity index (χ0) is 19.9. The third-order valence-electron chi connectivity index (χ3n) is 4.33. The van der Waals surface area contributed by atoms with E-state index in [1.54, 1.807) is 11.1 Å². The Hall–Kier alpha value is -3.41. The van der Waals surface area contributed by atoms with Crippen LogP contribution in [-0.2, 0) is 9.59 Å². The topological polar surface area (TPSA) is 71.5 Å². The van der Waals surface area contributed by atoms with E-state index in [1.165, 1.54) is 6.92 Å². The Labute approximate surface area is 164 Å². The van der Waals surface area contributed by atoms with Crippen LogP contribution in [-0.4, -0.2) is 36.5 Å². The van der Waals surface area contributed by atoms with Gasteiger partial charge in [-0.15, -0.1) is 0 Å². The summed E-state index contributed by atoms with van der Waals surface area (Å²) in [6, 6.07) is 17.0. The van der Waals surface area contributed by atoms with E-state index in [2.05, 4.69) is 10.3 Å². The van der Waals surface area contributed by atoms with Gasteiger partial charge in [-0.3, -0.25) is 14.6 Å². The van der Waals surface area contributed by atoms with E-state index in [0.29, 0.717) is 18.8 Å². The summed E-state index contributed by atoms with van der Waals surface area (Å²) in [6.45, 7) is 4.09. The molecule has 3 aromatic rings. The fourth-order valence-corrected chi connectivity index (χ4v) is 2.89. The van der Waals surface area contributed by atoms with Crippen LogP contribution in [0.25, 0.3) is 10.9 Å². The van der Waals surface area contributed by atoms with Crippen LogP contribution in [0.1, 0.15) is 12.5 Å². The second-order valence-corrected chi connectivity index (χ2v) is 6.47. The first-order chi connectivity index (χ1) is 13.5. The number of pyridine rings is 1. The van der Waals surface area contributed by atoms with Gasteiger partial charge in [0.15, 0.2) is 6.61 Å². The Bertz CT molecular complexity index is 965. The van der Waals surface area contributed by atoms with E-state index in [1.807, 2.05) is 61.5 Å². The van der Waals surface area contributed by atoms with Crippen LogP contribution >= 0.6 is 0 Å². The van der Waals surface area contributed by atoms with Gasteiger partial charge in [-0.2, -0.15) is 0 Å². The van der Waals surface area contributed by atoms with Crippen LogP contribution in [0.2, 0.25) is 0 Å². The number of amides is 2. The minimum absolute atomic E-state index is 0.0705. The molecule has 0 saturated carbocycles. The van der Waals surface area contributed by atoms with E-state index in [-0.39, 0.29) is 18.4 Å². The lowest BCUT2D eigenvalue weighted by Gasteiger charge is -2.22. The van der Waals surface area contributed by atoms with Crippen molar-refractivity contribution >= 4 is 28.4 Å². The molecule has 0 fully saturated rings. The smallest absolute Gasteiger partial charge is 0.258 e. The fourth-order valence-electron chi connectivity index (χ4n) is 2.89. The Morgan fingerprint density at radius 3 is 2.57 bits per heavy atom. The lowest BCUT2D eigenvalue weighted by atomic mass is 10.1. The average Bonchev–Trinajstić information content (AvgIpc) is 2.70. The van der Waals surface area contributed by atoms with Crippen molar-refractivity contribution in [2.24, 2.45) is 0 Å². The lowest BCUT2D eigenvalue weighted by molar-refractivity contribution is -0.123. The van der Waals surface area contributed by atoms with Gasteiger partial charge in [0, 0.05) is 31.6 Å². The van der Waals surface area contributed by atoms with E-state index in [9.17, 15) is 9.59 Å². The number of anilines is 1. The number of para-hydroxylation sites is 1. The molecule has 0 bridgehead atoms. The monoisotopic (exact) mass is 377 g/mol. The van der Waals surface area contributed by atoms with Gasteiger partial charge in [0.1, 0.15) is 5.75 Å². The highest BCUT2D eigenvalue weighted by molar-refractivity contribution is 6.01. The second-order valence-electron chi connectivity index (χ2n) is 6.47. The van der Waals surface area contributed by atoms with Crippen molar-refractivity contribution < 1.29 is 14.3 Å². The van der Waals surface area contributed by atoms with Crippen molar-refractivity contribution in [3.63, 3.8) is 0 Å². The quantitative estimate of drug-likeness (QED) is 0.687. The normalized spacial score (nSPS) is 10.5. The highest BCUT2D eigenvalue weighted by Crippen LogP contribution is 2.24. The van der Waals surface area contributed by atoms with Gasteiger partial charge in [0.05, 0.1) is 11.2 Å². The third-order valence-corrected chi connectivity index (χ3v) is 4.33. The van der Waals surface area contributed by atoms with E-state index in [4.69, 9.17) is 4.74 Å². The summed E-state index contributed by atoms with van der Waals surface area (Å²) in [4.78, 5) is 30.2. The van der Waals surface area contributed by atoms with Crippen LogP contribution in [0, 0.1) is 6.92 Å². The maximum atomic E-state index is 12.2. The number of carbonyl (C=O) groups is 2. The molecule has 0 unspecified atom stereocenters. The molecule has 0 atom stereocenters. The number of benzene rings is 2. The molecule has 1 heterocycles. The molecule has 0 aliphatic heterocycles. The summed E-state index contributed by atoms with van der Waals surface area (Å²) in [7, 11) is 0. The zero-order valence-electron chi connectivity index (χ0n) is 16.0. The molecular formula is C22H23N3O3. The minimum atomic E-state index is -0.236. The molecule has 2 aromatic carbocycles. The fraction of sp³-hybridized carbons (Fsp3) is 0.227. The first-order valence-corrected chi connectivity index (χ1v) is 9.12. The van der Waals surface area contributed by atoms with E-state index >= 15 is 0 Å². The lowest BCUT2D eigenvalue weighted by Crippen LogP contribution is -2.39. The van der Waals surface area contributed by atoms with Gasteiger partial charge in [0.25, 0.3) is 5.91 Å². The summed E-state index contributed by atoms with van der Waals surface area (Å²) in [5, 5.41) is 3.75. The van der Waals surface area contributed by atoms with Crippen molar-refractivity contribution in [1.82, 2.24) is 10.3 Å². The van der Waals surface area contributed by atoms with Crippen molar-refractivity contribution in [2.45, 2.75) is 13.8 Å². The van der Waals surface area contributed by atoms with Crippen LogP contribution in [0.3, 0.4) is 0 Å². The number of fused-ring (bicyclic) bond motifs is 1. The van der Waals surface area contributed by atoms with Crippen molar-refractivity contribution in [3.8, 4) is 5.75 Å². The molecule has 1 N–H and O–H groups in total. The predicted octanol–water partition coefficient (Wildman–Crippen LogP) is 3.09. The average molecular weight is 377 g/mol. The van der Waals surface area contributed by atoms with Gasteiger partial charge >= 0.3 is 0 Å². The summed E-state index contributed by atoms with van der Waals surface area (Å²) in [5.41, 5.74) is 2.62. The highest BCUT2D eigenvalue weighted by Gasteiger charge is 2.15. The molecule has 144 valence electrons. The molecule has 0 aliphatic carbocycles. The van der Waals surface area contributed by atoms with Crippen LogP contribution in [0.5, 0.6) is 5.75 Å². The molecule has 1 aromatic heterocycles. The number of rotatable bonds is 7. The van der Waals surface area contributed by atoms with Gasteiger partial charge in [-0.05, 0) is 31.2 Å². The number of nitrogens with zero attached hydrogens (tertiary/aromatic N) is 2. The van der Waals surface area contributed by atoms with Crippen LogP contribution in [0.15, 0.2) is 60.8 Å². The van der Waals surface area contributed by atoms with Crippen molar-refractivity contribution in [3.05, 3.63) is 66.4 Å². The first kappa shape index (κ1) is 19.4. The number of hydrogen-bond donors (Lipinski definition) is 1. The number of aryl methyl sites for hydroxylation is 1. The number of carbonyl (C=O) groups excluding carboxylic acids is 2. The maximum absolute atomic E-state index is 12.2. The molecule has 28 heavy (non-hydrogen) atoms. The first-order valence-electron chi connectivity index (χ1n) is 9.12. The summed E-state index contributed by atoms with van der Waals surface area (Å²) in [6.07, 6.45) is 1.70. The minimum Gasteiger partial charge on any atom is -0.484 e. The highest BCUT2D eigenvalue weighted by atomic mass is 16.5. The summed E-state index contributed by atoms with van der Waals surface area (Å²) in [5.74, 6) is 0.302. The molecule has 0 radical (unpaired) electrons. The second kappa shape index (κ2) is 8.99. The van der Waals surface area contributed by atoms with Gasteiger partial charge in [-0.25, -0.2) is 0 Å². The zero-order valence-corrected chi connectivity index (χ0v) is 16.0. The molecule has 0 saturated heterocycles. The summed E-state index contributed by atoms with van der Waals surface area (Å²) >= 11 is 0. The molecule has 6 heteroatoms. The van der Waals surface area contributed by atoms with Crippen LogP contribution in [0.4, 0.5) is 5.69 Å². The SMILES string of the molecule is CC(=O)N(CCNC(=O)COc1ccc(C)cc1)c1cccc2cccnc12. The van der Waals surface area contributed by atoms with Gasteiger partial charge < -0.3 is 15.0 Å². The van der Waals surface area contributed by atoms with Crippen molar-refractivity contribution in [1.29, 1.82) is 0 Å². The number of ether oxygens (including phenoxy) is 1. The molecule has 0 aliphatic rings. The standard InChI is InChI=1S/C22H23N3O3/c1-16-8-10-19(11-9-16)28-15-21(27)23-13-14-25(17(2)26)20-7-3-5-18-6-4-12-24-22(18)20/h3-12H,13-15H2,1-2H3,(H,23,27). The Morgan fingerprint density at radius 2 is 1.82 bits per heavy atom. The van der Waals surface area contributed by atoms with Gasteiger partial charge in [0.2, 0.25) is 5.91 Å². The molecular weight excluding hydrogens is 354 g/mol. The molecule has 6 nitrogen and oxygen atoms in total. The summed E-state index contributed by atoms with van der Waals surface area (Å²) < 4.78 is 5.47. The van der Waals surface area contributed by atoms with Crippen LogP contribution < -0.4 is 15.0 Å². The Balaban J connectivity index is 1.57. The third kappa shape index (κ3) is 4.85. The number of aromatic nitrogens is 1. The van der Waals surface area contributed by atoms with E-state index in [0.717, 1.165) is 22.2 Å². The van der Waals surface area contributed by atoms with Gasteiger partial charge in [-0.1, -0.05) is 35.9 Å². The molecule has 0 spiro atoms. The molecule has 3 rings (SSSR count). The Morgan fingerprint density at radius 1 is 1.07 bits per heavy atom.